The number of rotatable bonds is 4. The molecule has 0 atom stereocenters. The molecule has 1 saturated heterocycles. The van der Waals surface area contributed by atoms with E-state index in [1.54, 1.807) is 12.4 Å². The molecule has 7 heteroatoms. The molecule has 5 rings (SSSR count). The van der Waals surface area contributed by atoms with Gasteiger partial charge in [-0.1, -0.05) is 11.3 Å². The highest BCUT2D eigenvalue weighted by atomic mass is 16.2. The van der Waals surface area contributed by atoms with E-state index in [1.807, 2.05) is 58.4 Å². The topological polar surface area (TPSA) is 79.7 Å². The second-order valence-corrected chi connectivity index (χ2v) is 7.58. The van der Waals surface area contributed by atoms with Gasteiger partial charge in [0.05, 0.1) is 6.20 Å². The first-order valence-electron chi connectivity index (χ1n) is 9.93. The van der Waals surface area contributed by atoms with E-state index in [0.29, 0.717) is 5.92 Å². The van der Waals surface area contributed by atoms with Crippen LogP contribution in [0.1, 0.15) is 23.2 Å². The van der Waals surface area contributed by atoms with Crippen molar-refractivity contribution in [1.29, 1.82) is 0 Å². The highest BCUT2D eigenvalue weighted by Gasteiger charge is 2.24. The normalized spacial score (nSPS) is 15.1. The smallest absolute Gasteiger partial charge is 0.253 e. The Morgan fingerprint density at radius 1 is 1.17 bits per heavy atom. The van der Waals surface area contributed by atoms with Gasteiger partial charge >= 0.3 is 0 Å². The number of nitrogens with zero attached hydrogens (tertiary/aromatic N) is 5. The number of carbonyl (C=O) groups excluding carboxylic acids is 1. The van der Waals surface area contributed by atoms with Gasteiger partial charge in [0.2, 0.25) is 0 Å². The fourth-order valence-electron chi connectivity index (χ4n) is 3.98. The van der Waals surface area contributed by atoms with E-state index in [1.165, 1.54) is 0 Å². The number of aromatic amines is 1. The van der Waals surface area contributed by atoms with Crippen molar-refractivity contribution >= 4 is 16.8 Å². The van der Waals surface area contributed by atoms with Crippen LogP contribution >= 0.6 is 0 Å². The van der Waals surface area contributed by atoms with E-state index < -0.39 is 0 Å². The summed E-state index contributed by atoms with van der Waals surface area (Å²) in [7, 11) is 0. The molecule has 1 aliphatic heterocycles. The van der Waals surface area contributed by atoms with Gasteiger partial charge in [0, 0.05) is 54.9 Å². The minimum absolute atomic E-state index is 0.111. The van der Waals surface area contributed by atoms with E-state index in [-0.39, 0.29) is 5.91 Å². The number of aromatic nitrogens is 5. The van der Waals surface area contributed by atoms with Gasteiger partial charge in [0.25, 0.3) is 5.91 Å². The van der Waals surface area contributed by atoms with Crippen molar-refractivity contribution in [1.82, 2.24) is 29.9 Å². The first-order valence-corrected chi connectivity index (χ1v) is 9.93. The van der Waals surface area contributed by atoms with E-state index in [4.69, 9.17) is 0 Å². The van der Waals surface area contributed by atoms with Crippen molar-refractivity contribution in [2.75, 3.05) is 13.1 Å². The maximum Gasteiger partial charge on any atom is 0.253 e. The average Bonchev–Trinajstić information content (AvgIpc) is 3.43. The first-order chi connectivity index (χ1) is 14.3. The Hall–Kier alpha value is -3.48. The molecular weight excluding hydrogens is 364 g/mol. The van der Waals surface area contributed by atoms with Crippen LogP contribution in [0.15, 0.2) is 61.2 Å². The van der Waals surface area contributed by atoms with Crippen LogP contribution in [0.3, 0.4) is 0 Å². The maximum atomic E-state index is 12.9. The van der Waals surface area contributed by atoms with Crippen LogP contribution in [-0.4, -0.2) is 48.9 Å². The van der Waals surface area contributed by atoms with E-state index >= 15 is 0 Å². The molecule has 1 aliphatic rings. The Morgan fingerprint density at radius 2 is 2.07 bits per heavy atom. The number of fused-ring (bicyclic) bond motifs is 1. The van der Waals surface area contributed by atoms with Crippen molar-refractivity contribution in [2.24, 2.45) is 5.92 Å². The molecule has 0 bridgehead atoms. The van der Waals surface area contributed by atoms with Gasteiger partial charge in [-0.05, 0) is 54.5 Å². The van der Waals surface area contributed by atoms with Gasteiger partial charge in [0.15, 0.2) is 0 Å². The lowest BCUT2D eigenvalue weighted by atomic mass is 9.96. The van der Waals surface area contributed by atoms with Crippen LogP contribution in [0, 0.1) is 5.92 Å². The molecule has 1 aromatic carbocycles. The second-order valence-electron chi connectivity index (χ2n) is 7.58. The third-order valence-electron chi connectivity index (χ3n) is 5.64. The van der Waals surface area contributed by atoms with Gasteiger partial charge in [0.1, 0.15) is 5.69 Å². The number of nitrogens with one attached hydrogen (secondary N) is 1. The Labute approximate surface area is 168 Å². The fraction of sp³-hybridized carbons (Fsp3) is 0.273. The third kappa shape index (κ3) is 3.63. The SMILES string of the molecule is O=C(c1ccc2cc[nH]c2c1)N1CCC(Cn2cc(-c3cccnc3)nn2)CC1. The molecule has 0 unspecified atom stereocenters. The zero-order valence-electron chi connectivity index (χ0n) is 16.0. The number of likely N-dealkylation sites (tertiary alicyclic amines) is 1. The average molecular weight is 386 g/mol. The predicted molar refractivity (Wildman–Crippen MR) is 110 cm³/mol. The number of pyridine rings is 1. The molecule has 4 aromatic rings. The molecule has 1 fully saturated rings. The summed E-state index contributed by atoms with van der Waals surface area (Å²) in [5.41, 5.74) is 3.56. The van der Waals surface area contributed by atoms with Crippen LogP contribution in [0.25, 0.3) is 22.2 Å². The summed E-state index contributed by atoms with van der Waals surface area (Å²) in [4.78, 5) is 22.1. The van der Waals surface area contributed by atoms with E-state index in [2.05, 4.69) is 20.3 Å². The molecule has 0 saturated carbocycles. The van der Waals surface area contributed by atoms with Crippen LogP contribution in [-0.2, 0) is 6.54 Å². The summed E-state index contributed by atoms with van der Waals surface area (Å²) in [6.45, 7) is 2.37. The first kappa shape index (κ1) is 17.6. The number of hydrogen-bond donors (Lipinski definition) is 1. The molecule has 7 nitrogen and oxygen atoms in total. The van der Waals surface area contributed by atoms with Crippen LogP contribution in [0.4, 0.5) is 0 Å². The highest BCUT2D eigenvalue weighted by molar-refractivity contribution is 5.98. The van der Waals surface area contributed by atoms with Gasteiger partial charge in [-0.3, -0.25) is 14.5 Å². The molecule has 146 valence electrons. The van der Waals surface area contributed by atoms with Crippen LogP contribution in [0.2, 0.25) is 0 Å². The molecule has 29 heavy (non-hydrogen) atoms. The maximum absolute atomic E-state index is 12.9. The lowest BCUT2D eigenvalue weighted by Gasteiger charge is -2.32. The molecule has 4 heterocycles. The number of H-pyrrole nitrogens is 1. The lowest BCUT2D eigenvalue weighted by molar-refractivity contribution is 0.0681. The van der Waals surface area contributed by atoms with Gasteiger partial charge in [-0.2, -0.15) is 0 Å². The minimum atomic E-state index is 0.111. The summed E-state index contributed by atoms with van der Waals surface area (Å²) >= 11 is 0. The molecule has 0 radical (unpaired) electrons. The molecule has 0 aliphatic carbocycles. The van der Waals surface area contributed by atoms with Crippen LogP contribution < -0.4 is 0 Å². The Morgan fingerprint density at radius 3 is 2.90 bits per heavy atom. The van der Waals surface area contributed by atoms with Gasteiger partial charge < -0.3 is 9.88 Å². The number of piperidine rings is 1. The minimum Gasteiger partial charge on any atom is -0.361 e. The largest absolute Gasteiger partial charge is 0.361 e. The van der Waals surface area contributed by atoms with E-state index in [0.717, 1.165) is 60.2 Å². The molecule has 0 spiro atoms. The quantitative estimate of drug-likeness (QED) is 0.583. The zero-order chi connectivity index (χ0) is 19.6. The second kappa shape index (κ2) is 7.50. The van der Waals surface area contributed by atoms with Crippen molar-refractivity contribution in [2.45, 2.75) is 19.4 Å². The van der Waals surface area contributed by atoms with Crippen molar-refractivity contribution in [3.8, 4) is 11.3 Å². The standard InChI is InChI=1S/C22H22N6O/c29-22(18-4-3-17-5-9-24-20(17)12-18)27-10-6-16(7-11-27)14-28-15-21(25-26-28)19-2-1-8-23-13-19/h1-5,8-9,12-13,15-16,24H,6-7,10-11,14H2. The van der Waals surface area contributed by atoms with Crippen molar-refractivity contribution in [3.63, 3.8) is 0 Å². The van der Waals surface area contributed by atoms with E-state index in [9.17, 15) is 4.79 Å². The fourth-order valence-corrected chi connectivity index (χ4v) is 3.98. The number of benzene rings is 1. The molecular formula is C22H22N6O. The molecule has 1 amide bonds. The van der Waals surface area contributed by atoms with Gasteiger partial charge in [-0.15, -0.1) is 5.10 Å². The number of amides is 1. The summed E-state index contributed by atoms with van der Waals surface area (Å²) in [6, 6.07) is 11.7. The highest BCUT2D eigenvalue weighted by Crippen LogP contribution is 2.23. The summed E-state index contributed by atoms with van der Waals surface area (Å²) in [6.07, 6.45) is 9.35. The summed E-state index contributed by atoms with van der Waals surface area (Å²) in [5, 5.41) is 9.65. The lowest BCUT2D eigenvalue weighted by Crippen LogP contribution is -2.39. The number of hydrogen-bond acceptors (Lipinski definition) is 4. The Balaban J connectivity index is 1.19. The zero-order valence-corrected chi connectivity index (χ0v) is 16.0. The third-order valence-corrected chi connectivity index (χ3v) is 5.64. The Kier molecular flexibility index (Phi) is 4.56. The van der Waals surface area contributed by atoms with Gasteiger partial charge in [-0.25, -0.2) is 0 Å². The van der Waals surface area contributed by atoms with Crippen LogP contribution in [0.5, 0.6) is 0 Å². The molecule has 3 aromatic heterocycles. The van der Waals surface area contributed by atoms with Crippen molar-refractivity contribution < 1.29 is 4.79 Å². The molecule has 1 N–H and O–H groups in total. The Bertz CT molecular complexity index is 1120. The van der Waals surface area contributed by atoms with Crippen molar-refractivity contribution in [3.05, 3.63) is 66.7 Å². The predicted octanol–water partition coefficient (Wildman–Crippen LogP) is 3.37. The monoisotopic (exact) mass is 386 g/mol. The number of carbonyl (C=O) groups is 1. The summed E-state index contributed by atoms with van der Waals surface area (Å²) in [5.74, 6) is 0.605. The summed E-state index contributed by atoms with van der Waals surface area (Å²) < 4.78 is 1.91.